The number of aliphatic carboxylic acids is 2. The molecule has 5 aromatic carbocycles. The number of phenols is 3. The minimum absolute atomic E-state index is 0.0199. The molecule has 9 atom stereocenters. The number of aliphatic hydroxyl groups is 1. The first-order valence-corrected chi connectivity index (χ1v) is 30.3. The van der Waals surface area contributed by atoms with Crippen LogP contribution in [-0.4, -0.2) is 181 Å². The van der Waals surface area contributed by atoms with Crippen LogP contribution in [0.1, 0.15) is 54.0 Å². The highest BCUT2D eigenvalue weighted by atomic mass is 16.4. The van der Waals surface area contributed by atoms with E-state index in [-0.39, 0.29) is 74.7 Å². The highest BCUT2D eigenvalue weighted by molar-refractivity contribution is 5.99. The van der Waals surface area contributed by atoms with Crippen LogP contribution in [0, 0.1) is 5.41 Å². The van der Waals surface area contributed by atoms with Crippen LogP contribution in [0.2, 0.25) is 0 Å². The SMILES string of the molecule is C[C@H](N)C(=O)N[C@@H](CCCNC(=N)N)C(=O)N[C@@H](Cc1ccc(O)cc1)C(=O)N[C@@H](CO)C(=O)NCC(=O)N[C@@H](Cc1c[nH]c2ccccc12)C(=O)N[C@@H](Cc1ccc(O)cc1)C(=O)N[C@@H](Cc1ccccc1)C(=O)N[C@@H](CC(=O)O)C(=O)N[C@@H](Cc1ccc(O)cc1)C(=O)O. The molecule has 0 fully saturated rings. The Morgan fingerprint density at radius 1 is 0.469 bits per heavy atom. The number of guanidine groups is 1. The largest absolute Gasteiger partial charge is 0.508 e. The van der Waals surface area contributed by atoms with E-state index in [1.165, 1.54) is 79.7 Å². The fourth-order valence-corrected chi connectivity index (χ4v) is 9.86. The standard InChI is InChI=1S/C65H78N14O17/c1-35(66)56(87)73-46(12-7-25-69-65(67)68)58(89)74-49(28-38-15-21-42(82)22-16-38)61(92)79-53(34-80)57(88)71-33-54(84)72-50(30-40-32-70-45-11-6-5-10-44(40)45)62(93)76-48(27-37-13-19-41(81)20-14-37)59(90)75-47(26-36-8-3-2-4-9-36)60(91)77-51(31-55(85)86)63(94)78-52(64(95)96)29-39-17-23-43(83)24-18-39/h2-6,8-11,13-24,32,35,46-53,70,80-83H,7,12,25-31,33-34,66H2,1H3,(H,71,88)(H,72,84)(H,73,87)(H,74,89)(H,75,90)(H,76,93)(H,77,91)(H,78,94)(H,79,92)(H,85,86)(H,95,96)(H4,67,68,69)/t35-,46-,47-,48-,49-,50-,51-,52-,53-/m0/s1. The van der Waals surface area contributed by atoms with Gasteiger partial charge < -0.3 is 100 Å². The molecule has 0 bridgehead atoms. The van der Waals surface area contributed by atoms with Gasteiger partial charge in [0, 0.05) is 55.7 Å². The number of carboxylic acids is 2. The van der Waals surface area contributed by atoms with Crippen LogP contribution in [-0.2, 0) is 84.8 Å². The highest BCUT2D eigenvalue weighted by Gasteiger charge is 2.36. The first kappa shape index (κ1) is 73.5. The van der Waals surface area contributed by atoms with E-state index >= 15 is 0 Å². The number of benzene rings is 5. The summed E-state index contributed by atoms with van der Waals surface area (Å²) in [5, 5.41) is 93.0. The molecular weight excluding hydrogens is 1250 g/mol. The lowest BCUT2D eigenvalue weighted by atomic mass is 10.0. The quantitative estimate of drug-likeness (QED) is 0.0114. The monoisotopic (exact) mass is 1330 g/mol. The number of fused-ring (bicyclic) bond motifs is 1. The second-order valence-electron chi connectivity index (χ2n) is 22.5. The fraction of sp³-hybridized carbons (Fsp3) is 0.323. The lowest BCUT2D eigenvalue weighted by molar-refractivity contribution is -0.143. The average molecular weight is 1330 g/mol. The van der Waals surface area contributed by atoms with Gasteiger partial charge in [-0.05, 0) is 90.0 Å². The number of phenolic OH excluding ortho intramolecular Hbond substituents is 3. The number of H-pyrrole nitrogens is 1. The molecule has 0 saturated carbocycles. The third kappa shape index (κ3) is 23.5. The van der Waals surface area contributed by atoms with Crippen molar-refractivity contribution in [3.05, 3.63) is 161 Å². The first-order chi connectivity index (χ1) is 45.7. The van der Waals surface area contributed by atoms with Crippen LogP contribution < -0.4 is 64.6 Å². The average Bonchev–Trinajstić information content (AvgIpc) is 1.62. The van der Waals surface area contributed by atoms with Gasteiger partial charge in [0.15, 0.2) is 5.96 Å². The van der Waals surface area contributed by atoms with Gasteiger partial charge in [-0.15, -0.1) is 0 Å². The van der Waals surface area contributed by atoms with Gasteiger partial charge in [0.05, 0.1) is 25.6 Å². The number of amides is 9. The Bertz CT molecular complexity index is 3700. The number of rotatable bonds is 36. The molecule has 9 amide bonds. The number of hydrogen-bond donors (Lipinski definition) is 20. The van der Waals surface area contributed by atoms with Crippen molar-refractivity contribution in [3.8, 4) is 17.2 Å². The van der Waals surface area contributed by atoms with Gasteiger partial charge in [-0.3, -0.25) is 53.4 Å². The third-order valence-corrected chi connectivity index (χ3v) is 15.0. The van der Waals surface area contributed by atoms with Crippen molar-refractivity contribution in [2.75, 3.05) is 19.7 Å². The maximum Gasteiger partial charge on any atom is 0.326 e. The molecule has 31 nitrogen and oxygen atoms in total. The number of aromatic amines is 1. The molecule has 1 heterocycles. The second kappa shape index (κ2) is 36.0. The van der Waals surface area contributed by atoms with Crippen LogP contribution in [0.25, 0.3) is 10.9 Å². The van der Waals surface area contributed by atoms with Crippen LogP contribution in [0.4, 0.5) is 0 Å². The van der Waals surface area contributed by atoms with E-state index < -0.39 is 139 Å². The minimum atomic E-state index is -1.91. The van der Waals surface area contributed by atoms with Gasteiger partial charge in [0.25, 0.3) is 0 Å². The Labute approximate surface area is 549 Å². The zero-order valence-electron chi connectivity index (χ0n) is 52.0. The van der Waals surface area contributed by atoms with Gasteiger partial charge in [-0.1, -0.05) is 84.9 Å². The summed E-state index contributed by atoms with van der Waals surface area (Å²) in [5.41, 5.74) is 13.9. The lowest BCUT2D eigenvalue weighted by Gasteiger charge is -2.27. The normalized spacial score (nSPS) is 13.8. The van der Waals surface area contributed by atoms with Gasteiger partial charge in [0.1, 0.15) is 65.6 Å². The van der Waals surface area contributed by atoms with E-state index in [4.69, 9.17) is 16.9 Å². The Kier molecular flexibility index (Phi) is 27.6. The Morgan fingerprint density at radius 3 is 1.34 bits per heavy atom. The molecule has 31 heteroatoms. The van der Waals surface area contributed by atoms with Crippen molar-refractivity contribution in [1.82, 2.24) is 58.2 Å². The minimum Gasteiger partial charge on any atom is -0.508 e. The summed E-state index contributed by atoms with van der Waals surface area (Å²) in [6, 6.07) is 17.6. The number of nitrogens with two attached hydrogens (primary N) is 2. The number of hydrogen-bond acceptors (Lipinski definition) is 17. The number of para-hydroxylation sites is 1. The van der Waals surface area contributed by atoms with Crippen LogP contribution in [0.15, 0.2) is 134 Å². The van der Waals surface area contributed by atoms with E-state index in [9.17, 15) is 83.4 Å². The Hall–Kier alpha value is -11.6. The van der Waals surface area contributed by atoms with E-state index in [0.29, 0.717) is 38.7 Å². The summed E-state index contributed by atoms with van der Waals surface area (Å²) >= 11 is 0. The molecular formula is C65H78N14O17. The van der Waals surface area contributed by atoms with Crippen molar-refractivity contribution in [2.45, 2.75) is 113 Å². The summed E-state index contributed by atoms with van der Waals surface area (Å²) < 4.78 is 0. The molecule has 6 aromatic rings. The molecule has 510 valence electrons. The molecule has 0 aliphatic carbocycles. The van der Waals surface area contributed by atoms with Crippen LogP contribution in [0.3, 0.4) is 0 Å². The topological polar surface area (TPSA) is 521 Å². The van der Waals surface area contributed by atoms with Gasteiger partial charge in [0.2, 0.25) is 53.2 Å². The lowest BCUT2D eigenvalue weighted by Crippen LogP contribution is -2.60. The van der Waals surface area contributed by atoms with Crippen molar-refractivity contribution in [2.24, 2.45) is 11.5 Å². The van der Waals surface area contributed by atoms with Crippen molar-refractivity contribution in [1.29, 1.82) is 5.41 Å². The van der Waals surface area contributed by atoms with E-state index in [0.717, 1.165) is 0 Å². The number of aromatic hydroxyl groups is 3. The number of aliphatic hydroxyl groups excluding tert-OH is 1. The number of carbonyl (C=O) groups is 11. The molecule has 0 unspecified atom stereocenters. The number of nitrogens with one attached hydrogen (secondary N) is 12. The predicted molar refractivity (Wildman–Crippen MR) is 346 cm³/mol. The number of aromatic nitrogens is 1. The highest BCUT2D eigenvalue weighted by Crippen LogP contribution is 2.21. The van der Waals surface area contributed by atoms with E-state index in [1.54, 1.807) is 60.8 Å². The van der Waals surface area contributed by atoms with E-state index in [1.807, 2.05) is 0 Å². The molecule has 0 radical (unpaired) electrons. The molecule has 96 heavy (non-hydrogen) atoms. The molecule has 1 aromatic heterocycles. The smallest absolute Gasteiger partial charge is 0.326 e. The van der Waals surface area contributed by atoms with Gasteiger partial charge in [-0.25, -0.2) is 4.79 Å². The second-order valence-corrected chi connectivity index (χ2v) is 22.5. The maximum absolute atomic E-state index is 14.9. The number of carboxylic acid groups (broad SMARTS) is 2. The van der Waals surface area contributed by atoms with Crippen molar-refractivity contribution >= 4 is 82.0 Å². The maximum atomic E-state index is 14.9. The molecule has 0 spiro atoms. The van der Waals surface area contributed by atoms with Crippen molar-refractivity contribution < 1.29 is 83.4 Å². The van der Waals surface area contributed by atoms with Gasteiger partial charge in [-0.2, -0.15) is 0 Å². The van der Waals surface area contributed by atoms with Gasteiger partial charge >= 0.3 is 11.9 Å². The zero-order chi connectivity index (χ0) is 70.0. The molecule has 22 N–H and O–H groups in total. The first-order valence-electron chi connectivity index (χ1n) is 30.3. The number of carbonyl (C=O) groups excluding carboxylic acids is 9. The van der Waals surface area contributed by atoms with Crippen LogP contribution in [0.5, 0.6) is 17.2 Å². The summed E-state index contributed by atoms with van der Waals surface area (Å²) in [6.07, 6.45) is -0.725. The fourth-order valence-electron chi connectivity index (χ4n) is 9.86. The molecule has 0 saturated heterocycles. The van der Waals surface area contributed by atoms with Crippen LogP contribution >= 0.6 is 0 Å². The predicted octanol–water partition coefficient (Wildman–Crippen LogP) is -2.05. The summed E-state index contributed by atoms with van der Waals surface area (Å²) in [4.78, 5) is 154. The third-order valence-electron chi connectivity index (χ3n) is 15.0. The van der Waals surface area contributed by atoms with E-state index in [2.05, 4.69) is 58.2 Å². The molecule has 6 rings (SSSR count). The summed E-state index contributed by atoms with van der Waals surface area (Å²) in [5.74, 6) is -12.8. The van der Waals surface area contributed by atoms with Crippen molar-refractivity contribution in [3.63, 3.8) is 0 Å². The molecule has 0 aliphatic rings. The zero-order valence-corrected chi connectivity index (χ0v) is 52.0. The Balaban J connectivity index is 1.23. The summed E-state index contributed by atoms with van der Waals surface area (Å²) in [6.45, 7) is -0.417. The Morgan fingerprint density at radius 2 is 0.875 bits per heavy atom. The molecule has 0 aliphatic heterocycles. The summed E-state index contributed by atoms with van der Waals surface area (Å²) in [7, 11) is 0.